The van der Waals surface area contributed by atoms with Gasteiger partial charge in [0.15, 0.2) is 5.65 Å². The molecular weight excluding hydrogens is 457 g/mol. The van der Waals surface area contributed by atoms with E-state index in [1.807, 2.05) is 24.3 Å². The van der Waals surface area contributed by atoms with Crippen molar-refractivity contribution in [3.8, 4) is 11.3 Å². The van der Waals surface area contributed by atoms with Gasteiger partial charge >= 0.3 is 0 Å². The molecule has 2 aromatic carbocycles. The van der Waals surface area contributed by atoms with E-state index in [2.05, 4.69) is 56.3 Å². The predicted octanol–water partition coefficient (Wildman–Crippen LogP) is 5.85. The summed E-state index contributed by atoms with van der Waals surface area (Å²) in [5.41, 5.74) is 4.45. The van der Waals surface area contributed by atoms with Crippen LogP contribution in [0, 0.1) is 5.82 Å². The standard InChI is InChI=1S/C27H24FN7O/c1-27(2,3)17-7-4-6-16(12-17)26(36)34-18-9-10-21(20(28)13-18)35-24-19(8-5-11-29-24)22-23-25(32-14-30-22)33-15-31-23/h4-15H,1-3H3,(H,29,35)(H,34,36)(H,30,31,32,33). The molecule has 1 amide bonds. The number of aromatic nitrogens is 5. The number of amides is 1. The van der Waals surface area contributed by atoms with Crippen LogP contribution in [0.5, 0.6) is 0 Å². The second-order valence-electron chi connectivity index (χ2n) is 9.33. The molecule has 0 unspecified atom stereocenters. The summed E-state index contributed by atoms with van der Waals surface area (Å²) in [6.07, 6.45) is 4.57. The lowest BCUT2D eigenvalue weighted by Crippen LogP contribution is -2.15. The molecule has 0 aliphatic carbocycles. The summed E-state index contributed by atoms with van der Waals surface area (Å²) in [7, 11) is 0. The number of carbonyl (C=O) groups excluding carboxylic acids is 1. The van der Waals surface area contributed by atoms with Crippen molar-refractivity contribution in [3.05, 3.63) is 90.4 Å². The summed E-state index contributed by atoms with van der Waals surface area (Å²) in [5, 5.41) is 5.81. The molecule has 3 N–H and O–H groups in total. The fraction of sp³-hybridized carbons (Fsp3) is 0.148. The van der Waals surface area contributed by atoms with Crippen molar-refractivity contribution in [1.29, 1.82) is 0 Å². The molecule has 0 aliphatic rings. The number of H-pyrrole nitrogens is 1. The lowest BCUT2D eigenvalue weighted by atomic mass is 9.86. The summed E-state index contributed by atoms with van der Waals surface area (Å²) in [6.45, 7) is 6.25. The number of nitrogens with one attached hydrogen (secondary N) is 3. The SMILES string of the molecule is CC(C)(C)c1cccc(C(=O)Nc2ccc(Nc3ncccc3-c3ncnc4nc[nH]c34)c(F)c2)c1. The molecule has 3 aromatic heterocycles. The Morgan fingerprint density at radius 1 is 0.972 bits per heavy atom. The van der Waals surface area contributed by atoms with Crippen LogP contribution in [-0.4, -0.2) is 30.8 Å². The van der Waals surface area contributed by atoms with Gasteiger partial charge in [0.2, 0.25) is 0 Å². The van der Waals surface area contributed by atoms with E-state index in [1.165, 1.54) is 12.4 Å². The second kappa shape index (κ2) is 9.18. The number of benzene rings is 2. The highest BCUT2D eigenvalue weighted by atomic mass is 19.1. The number of nitrogens with zero attached hydrogens (tertiary/aromatic N) is 4. The lowest BCUT2D eigenvalue weighted by molar-refractivity contribution is 0.102. The van der Waals surface area contributed by atoms with Crippen LogP contribution in [0.1, 0.15) is 36.7 Å². The maximum absolute atomic E-state index is 15.1. The molecule has 0 bridgehead atoms. The first-order chi connectivity index (χ1) is 17.3. The van der Waals surface area contributed by atoms with E-state index in [4.69, 9.17) is 0 Å². The van der Waals surface area contributed by atoms with E-state index in [0.29, 0.717) is 39.5 Å². The number of pyridine rings is 1. The van der Waals surface area contributed by atoms with Crippen molar-refractivity contribution >= 4 is 34.3 Å². The molecule has 3 heterocycles. The van der Waals surface area contributed by atoms with E-state index in [9.17, 15) is 4.79 Å². The third kappa shape index (κ3) is 4.63. The normalized spacial score (nSPS) is 11.4. The Hall–Kier alpha value is -4.66. The van der Waals surface area contributed by atoms with Crippen molar-refractivity contribution in [1.82, 2.24) is 24.9 Å². The topological polar surface area (TPSA) is 108 Å². The molecule has 0 fully saturated rings. The van der Waals surface area contributed by atoms with Gasteiger partial charge in [0.05, 0.1) is 12.0 Å². The minimum Gasteiger partial charge on any atom is -0.341 e. The van der Waals surface area contributed by atoms with Gasteiger partial charge in [0.25, 0.3) is 5.91 Å². The summed E-state index contributed by atoms with van der Waals surface area (Å²) in [5.74, 6) is -0.426. The van der Waals surface area contributed by atoms with Gasteiger partial charge in [-0.3, -0.25) is 4.79 Å². The molecule has 5 rings (SSSR count). The van der Waals surface area contributed by atoms with Gasteiger partial charge in [-0.05, 0) is 53.4 Å². The minimum atomic E-state index is -0.540. The van der Waals surface area contributed by atoms with Gasteiger partial charge in [-0.15, -0.1) is 0 Å². The van der Waals surface area contributed by atoms with Crippen LogP contribution in [0.3, 0.4) is 0 Å². The highest BCUT2D eigenvalue weighted by Gasteiger charge is 2.17. The molecule has 0 saturated heterocycles. The number of fused-ring (bicyclic) bond motifs is 1. The van der Waals surface area contributed by atoms with E-state index in [0.717, 1.165) is 5.56 Å². The number of rotatable bonds is 5. The zero-order valence-electron chi connectivity index (χ0n) is 20.0. The van der Waals surface area contributed by atoms with E-state index >= 15 is 4.39 Å². The molecule has 9 heteroatoms. The predicted molar refractivity (Wildman–Crippen MR) is 138 cm³/mol. The van der Waals surface area contributed by atoms with Gasteiger partial charge in [-0.2, -0.15) is 0 Å². The maximum Gasteiger partial charge on any atom is 0.255 e. The lowest BCUT2D eigenvalue weighted by Gasteiger charge is -2.19. The zero-order chi connectivity index (χ0) is 25.3. The Balaban J connectivity index is 1.38. The third-order valence-electron chi connectivity index (χ3n) is 5.76. The average Bonchev–Trinajstić information content (AvgIpc) is 3.35. The molecule has 5 aromatic rings. The van der Waals surface area contributed by atoms with Crippen molar-refractivity contribution < 1.29 is 9.18 Å². The Labute approximate surface area is 207 Å². The molecule has 0 radical (unpaired) electrons. The van der Waals surface area contributed by atoms with Crippen LogP contribution >= 0.6 is 0 Å². The second-order valence-corrected chi connectivity index (χ2v) is 9.33. The number of halogens is 1. The highest BCUT2D eigenvalue weighted by Crippen LogP contribution is 2.31. The monoisotopic (exact) mass is 481 g/mol. The number of carbonyl (C=O) groups is 1. The number of hydrogen-bond donors (Lipinski definition) is 3. The molecule has 0 aliphatic heterocycles. The molecule has 180 valence electrons. The summed E-state index contributed by atoms with van der Waals surface area (Å²) in [6, 6.07) is 15.5. The molecule has 0 atom stereocenters. The van der Waals surface area contributed by atoms with Gasteiger partial charge in [0.1, 0.15) is 29.2 Å². The smallest absolute Gasteiger partial charge is 0.255 e. The maximum atomic E-state index is 15.1. The van der Waals surface area contributed by atoms with Crippen LogP contribution in [0.25, 0.3) is 22.4 Å². The van der Waals surface area contributed by atoms with Gasteiger partial charge < -0.3 is 15.6 Å². The van der Waals surface area contributed by atoms with Gasteiger partial charge in [-0.25, -0.2) is 24.3 Å². The van der Waals surface area contributed by atoms with E-state index in [1.54, 1.807) is 36.8 Å². The summed E-state index contributed by atoms with van der Waals surface area (Å²) in [4.78, 5) is 32.9. The molecular formula is C27H24FN7O. The molecule has 0 spiro atoms. The van der Waals surface area contributed by atoms with E-state index in [-0.39, 0.29) is 17.0 Å². The molecule has 8 nitrogen and oxygen atoms in total. The summed E-state index contributed by atoms with van der Waals surface area (Å²) >= 11 is 0. The Kier molecular flexibility index (Phi) is 5.89. The Morgan fingerprint density at radius 3 is 2.64 bits per heavy atom. The Morgan fingerprint density at radius 2 is 1.83 bits per heavy atom. The van der Waals surface area contributed by atoms with Crippen molar-refractivity contribution in [2.75, 3.05) is 10.6 Å². The number of hydrogen-bond acceptors (Lipinski definition) is 6. The van der Waals surface area contributed by atoms with Crippen LogP contribution in [0.15, 0.2) is 73.4 Å². The van der Waals surface area contributed by atoms with Crippen molar-refractivity contribution in [3.63, 3.8) is 0 Å². The number of imidazole rings is 1. The van der Waals surface area contributed by atoms with Crippen LogP contribution in [-0.2, 0) is 5.41 Å². The van der Waals surface area contributed by atoms with Crippen molar-refractivity contribution in [2.24, 2.45) is 0 Å². The number of aromatic amines is 1. The van der Waals surface area contributed by atoms with Crippen LogP contribution < -0.4 is 10.6 Å². The fourth-order valence-electron chi connectivity index (χ4n) is 3.82. The van der Waals surface area contributed by atoms with Gasteiger partial charge in [-0.1, -0.05) is 32.9 Å². The minimum absolute atomic E-state index is 0.0883. The fourth-order valence-corrected chi connectivity index (χ4v) is 3.82. The van der Waals surface area contributed by atoms with Crippen LogP contribution in [0.2, 0.25) is 0 Å². The quantitative estimate of drug-likeness (QED) is 0.291. The van der Waals surface area contributed by atoms with E-state index < -0.39 is 5.82 Å². The van der Waals surface area contributed by atoms with Gasteiger partial charge in [0, 0.05) is 23.0 Å². The first-order valence-corrected chi connectivity index (χ1v) is 11.4. The first kappa shape index (κ1) is 23.1. The molecule has 36 heavy (non-hydrogen) atoms. The summed E-state index contributed by atoms with van der Waals surface area (Å²) < 4.78 is 15.1. The third-order valence-corrected chi connectivity index (χ3v) is 5.76. The average molecular weight is 482 g/mol. The highest BCUT2D eigenvalue weighted by molar-refractivity contribution is 6.04. The largest absolute Gasteiger partial charge is 0.341 e. The first-order valence-electron chi connectivity index (χ1n) is 11.4. The number of anilines is 3. The van der Waals surface area contributed by atoms with Crippen molar-refractivity contribution in [2.45, 2.75) is 26.2 Å². The Bertz CT molecular complexity index is 1570. The molecule has 0 saturated carbocycles. The zero-order valence-corrected chi connectivity index (χ0v) is 20.0. The van der Waals surface area contributed by atoms with Crippen LogP contribution in [0.4, 0.5) is 21.6 Å².